The molecule has 2 heterocycles. The number of rotatable bonds is 6. The fraction of sp³-hybridized carbons (Fsp3) is 0.368. The lowest BCUT2D eigenvalue weighted by Crippen LogP contribution is -2.25. The molecule has 2 aromatic heterocycles. The number of hydrogen-bond acceptors (Lipinski definition) is 4. The van der Waals surface area contributed by atoms with Gasteiger partial charge in [0.25, 0.3) is 0 Å². The predicted molar refractivity (Wildman–Crippen MR) is 99.6 cm³/mol. The zero-order valence-electron chi connectivity index (χ0n) is 14.6. The fourth-order valence-electron chi connectivity index (χ4n) is 3.47. The van der Waals surface area contributed by atoms with E-state index in [0.29, 0.717) is 24.3 Å². The Bertz CT molecular complexity index is 1030. The van der Waals surface area contributed by atoms with Gasteiger partial charge in [-0.3, -0.25) is 4.40 Å². The SMILES string of the molecule is O=S(=O)(NCCCc1nnc2ccccn12)c1ccc2c(c1)CCCC2. The lowest BCUT2D eigenvalue weighted by atomic mass is 9.92. The molecule has 0 bridgehead atoms. The number of sulfonamides is 1. The molecule has 7 heteroatoms. The van der Waals surface area contributed by atoms with Crippen molar-refractivity contribution in [3.63, 3.8) is 0 Å². The van der Waals surface area contributed by atoms with E-state index in [9.17, 15) is 8.42 Å². The van der Waals surface area contributed by atoms with Crippen LogP contribution < -0.4 is 4.72 Å². The van der Waals surface area contributed by atoms with Crippen molar-refractivity contribution in [2.75, 3.05) is 6.54 Å². The Morgan fingerprint density at radius 2 is 1.88 bits per heavy atom. The third kappa shape index (κ3) is 3.50. The highest BCUT2D eigenvalue weighted by atomic mass is 32.2. The average Bonchev–Trinajstić information content (AvgIpc) is 3.08. The van der Waals surface area contributed by atoms with Gasteiger partial charge in [-0.2, -0.15) is 0 Å². The van der Waals surface area contributed by atoms with Gasteiger partial charge in [0.05, 0.1) is 4.90 Å². The van der Waals surface area contributed by atoms with Crippen LogP contribution in [-0.4, -0.2) is 29.6 Å². The van der Waals surface area contributed by atoms with E-state index in [2.05, 4.69) is 14.9 Å². The van der Waals surface area contributed by atoms with Gasteiger partial charge in [0.15, 0.2) is 5.65 Å². The smallest absolute Gasteiger partial charge is 0.240 e. The summed E-state index contributed by atoms with van der Waals surface area (Å²) in [4.78, 5) is 0.367. The van der Waals surface area contributed by atoms with Crippen LogP contribution in [-0.2, 0) is 29.3 Å². The first-order valence-corrected chi connectivity index (χ1v) is 10.5. The molecule has 0 unspecified atom stereocenters. The summed E-state index contributed by atoms with van der Waals surface area (Å²) in [5.74, 6) is 0.841. The molecule has 1 aliphatic carbocycles. The second-order valence-corrected chi connectivity index (χ2v) is 8.45. The summed E-state index contributed by atoms with van der Waals surface area (Å²) >= 11 is 0. The molecular formula is C19H22N4O2S. The van der Waals surface area contributed by atoms with Crippen LogP contribution in [0.4, 0.5) is 0 Å². The molecular weight excluding hydrogens is 348 g/mol. The molecule has 26 heavy (non-hydrogen) atoms. The fourth-order valence-corrected chi connectivity index (χ4v) is 4.60. The molecule has 136 valence electrons. The molecule has 0 saturated heterocycles. The summed E-state index contributed by atoms with van der Waals surface area (Å²) < 4.78 is 29.7. The summed E-state index contributed by atoms with van der Waals surface area (Å²) in [6.45, 7) is 0.376. The summed E-state index contributed by atoms with van der Waals surface area (Å²) in [5.41, 5.74) is 3.26. The molecule has 0 radical (unpaired) electrons. The van der Waals surface area contributed by atoms with Gasteiger partial charge in [-0.1, -0.05) is 12.1 Å². The van der Waals surface area contributed by atoms with E-state index in [0.717, 1.165) is 30.7 Å². The highest BCUT2D eigenvalue weighted by molar-refractivity contribution is 7.89. The monoisotopic (exact) mass is 370 g/mol. The maximum absolute atomic E-state index is 12.5. The summed E-state index contributed by atoms with van der Waals surface area (Å²) in [7, 11) is -3.47. The maximum Gasteiger partial charge on any atom is 0.240 e. The minimum atomic E-state index is -3.47. The van der Waals surface area contributed by atoms with Crippen molar-refractivity contribution in [2.24, 2.45) is 0 Å². The lowest BCUT2D eigenvalue weighted by Gasteiger charge is -2.16. The van der Waals surface area contributed by atoms with Gasteiger partial charge in [-0.25, -0.2) is 13.1 Å². The normalized spacial score (nSPS) is 14.5. The minimum Gasteiger partial charge on any atom is -0.286 e. The Morgan fingerprint density at radius 3 is 2.77 bits per heavy atom. The van der Waals surface area contributed by atoms with Crippen LogP contribution in [0.5, 0.6) is 0 Å². The van der Waals surface area contributed by atoms with Crippen molar-refractivity contribution in [3.8, 4) is 0 Å². The number of nitrogens with one attached hydrogen (secondary N) is 1. The first-order valence-electron chi connectivity index (χ1n) is 9.04. The van der Waals surface area contributed by atoms with Gasteiger partial charge in [0, 0.05) is 19.2 Å². The first-order chi connectivity index (χ1) is 12.6. The van der Waals surface area contributed by atoms with E-state index in [4.69, 9.17) is 0 Å². The lowest BCUT2D eigenvalue weighted by molar-refractivity contribution is 0.577. The highest BCUT2D eigenvalue weighted by Crippen LogP contribution is 2.24. The molecule has 0 fully saturated rings. The van der Waals surface area contributed by atoms with Gasteiger partial charge in [-0.05, 0) is 67.5 Å². The van der Waals surface area contributed by atoms with E-state index in [1.807, 2.05) is 40.9 Å². The molecule has 0 saturated carbocycles. The van der Waals surface area contributed by atoms with Gasteiger partial charge < -0.3 is 0 Å². The number of hydrogen-bond donors (Lipinski definition) is 1. The highest BCUT2D eigenvalue weighted by Gasteiger charge is 2.17. The zero-order chi connectivity index (χ0) is 18.0. The van der Waals surface area contributed by atoms with Gasteiger partial charge in [0.1, 0.15) is 5.82 Å². The minimum absolute atomic E-state index is 0.367. The van der Waals surface area contributed by atoms with Crippen molar-refractivity contribution >= 4 is 15.7 Å². The van der Waals surface area contributed by atoms with E-state index in [1.54, 1.807) is 6.07 Å². The Morgan fingerprint density at radius 1 is 1.04 bits per heavy atom. The second-order valence-electron chi connectivity index (χ2n) is 6.68. The summed E-state index contributed by atoms with van der Waals surface area (Å²) in [6.07, 6.45) is 7.60. The number of fused-ring (bicyclic) bond motifs is 2. The van der Waals surface area contributed by atoms with Crippen LogP contribution in [0.25, 0.3) is 5.65 Å². The van der Waals surface area contributed by atoms with E-state index >= 15 is 0 Å². The Hall–Kier alpha value is -2.25. The van der Waals surface area contributed by atoms with Gasteiger partial charge in [0.2, 0.25) is 10.0 Å². The van der Waals surface area contributed by atoms with Crippen molar-refractivity contribution in [2.45, 2.75) is 43.4 Å². The Labute approximate surface area is 153 Å². The molecule has 0 atom stereocenters. The number of nitrogens with zero attached hydrogens (tertiary/aromatic N) is 3. The van der Waals surface area contributed by atoms with Crippen molar-refractivity contribution in [1.82, 2.24) is 19.3 Å². The quantitative estimate of drug-likeness (QED) is 0.677. The molecule has 4 rings (SSSR count). The Balaban J connectivity index is 1.38. The molecule has 1 aliphatic rings. The van der Waals surface area contributed by atoms with E-state index in [1.165, 1.54) is 17.5 Å². The van der Waals surface area contributed by atoms with Crippen LogP contribution in [0, 0.1) is 0 Å². The largest absolute Gasteiger partial charge is 0.286 e. The van der Waals surface area contributed by atoms with Crippen molar-refractivity contribution < 1.29 is 8.42 Å². The number of benzene rings is 1. The summed E-state index contributed by atoms with van der Waals surface area (Å²) in [6, 6.07) is 11.3. The topological polar surface area (TPSA) is 76.4 Å². The van der Waals surface area contributed by atoms with Crippen LogP contribution in [0.15, 0.2) is 47.5 Å². The Kier molecular flexibility index (Phi) is 4.74. The number of pyridine rings is 1. The van der Waals surface area contributed by atoms with E-state index in [-0.39, 0.29) is 0 Å². The number of aromatic nitrogens is 3. The van der Waals surface area contributed by atoms with Gasteiger partial charge in [-0.15, -0.1) is 10.2 Å². The maximum atomic E-state index is 12.5. The standard InChI is InChI=1S/C19H22N4O2S/c24-26(25,17-11-10-15-6-1-2-7-16(15)14-17)20-12-5-9-19-22-21-18-8-3-4-13-23(18)19/h3-4,8,10-11,13-14,20H,1-2,5-7,9,12H2. The molecule has 0 amide bonds. The third-order valence-electron chi connectivity index (χ3n) is 4.88. The summed E-state index contributed by atoms with van der Waals surface area (Å²) in [5, 5.41) is 8.28. The number of aryl methyl sites for hydroxylation is 3. The predicted octanol–water partition coefficient (Wildman–Crippen LogP) is 2.52. The van der Waals surface area contributed by atoms with Crippen LogP contribution in [0.1, 0.15) is 36.2 Å². The average molecular weight is 370 g/mol. The van der Waals surface area contributed by atoms with Crippen LogP contribution >= 0.6 is 0 Å². The third-order valence-corrected chi connectivity index (χ3v) is 6.34. The molecule has 3 aromatic rings. The van der Waals surface area contributed by atoms with Crippen molar-refractivity contribution in [3.05, 3.63) is 59.5 Å². The zero-order valence-corrected chi connectivity index (χ0v) is 15.4. The molecule has 1 N–H and O–H groups in total. The van der Waals surface area contributed by atoms with Crippen molar-refractivity contribution in [1.29, 1.82) is 0 Å². The molecule has 1 aromatic carbocycles. The van der Waals surface area contributed by atoms with Crippen LogP contribution in [0.3, 0.4) is 0 Å². The van der Waals surface area contributed by atoms with Gasteiger partial charge >= 0.3 is 0 Å². The molecule has 6 nitrogen and oxygen atoms in total. The second kappa shape index (κ2) is 7.17. The first kappa shape index (κ1) is 17.2. The van der Waals surface area contributed by atoms with Crippen LogP contribution in [0.2, 0.25) is 0 Å². The molecule has 0 spiro atoms. The van der Waals surface area contributed by atoms with E-state index < -0.39 is 10.0 Å². The molecule has 0 aliphatic heterocycles.